The predicted molar refractivity (Wildman–Crippen MR) is 101 cm³/mol. The molecule has 5 nitrogen and oxygen atoms in total. The van der Waals surface area contributed by atoms with Crippen molar-refractivity contribution >= 4 is 28.6 Å². The van der Waals surface area contributed by atoms with Gasteiger partial charge in [0.2, 0.25) is 0 Å². The Morgan fingerprint density at radius 1 is 1.04 bits per heavy atom. The molecule has 3 N–H and O–H groups in total. The van der Waals surface area contributed by atoms with E-state index in [4.69, 9.17) is 0 Å². The lowest BCUT2D eigenvalue weighted by molar-refractivity contribution is -0.121. The zero-order valence-electron chi connectivity index (χ0n) is 13.8. The number of carbonyl (C=O) groups is 1. The van der Waals surface area contributed by atoms with Crippen LogP contribution in [0.3, 0.4) is 0 Å². The highest BCUT2D eigenvalue weighted by molar-refractivity contribution is 5.96. The van der Waals surface area contributed by atoms with Gasteiger partial charge in [-0.15, -0.1) is 0 Å². The number of hydrazone groups is 1. The summed E-state index contributed by atoms with van der Waals surface area (Å²) in [6.45, 7) is 1.78. The Morgan fingerprint density at radius 2 is 1.76 bits per heavy atom. The van der Waals surface area contributed by atoms with Crippen molar-refractivity contribution in [2.75, 3.05) is 5.32 Å². The molecule has 0 saturated carbocycles. The molecule has 0 spiro atoms. The van der Waals surface area contributed by atoms with E-state index >= 15 is 0 Å². The minimum atomic E-state index is -0.442. The van der Waals surface area contributed by atoms with Crippen LogP contribution in [0.25, 0.3) is 10.8 Å². The molecule has 5 heteroatoms. The fourth-order valence-electron chi connectivity index (χ4n) is 2.48. The number of nitrogens with zero attached hydrogens (tertiary/aromatic N) is 1. The van der Waals surface area contributed by atoms with Crippen molar-refractivity contribution in [2.45, 2.75) is 13.0 Å². The lowest BCUT2D eigenvalue weighted by Crippen LogP contribution is -2.34. The van der Waals surface area contributed by atoms with Gasteiger partial charge >= 0.3 is 0 Å². The molecule has 0 aliphatic heterocycles. The Labute approximate surface area is 146 Å². The first kappa shape index (κ1) is 16.5. The third-order valence-corrected chi connectivity index (χ3v) is 3.84. The number of rotatable bonds is 5. The molecule has 0 aromatic heterocycles. The summed E-state index contributed by atoms with van der Waals surface area (Å²) in [7, 11) is 0. The highest BCUT2D eigenvalue weighted by atomic mass is 16.3. The number of hydrogen-bond donors (Lipinski definition) is 3. The van der Waals surface area contributed by atoms with Gasteiger partial charge in [0.25, 0.3) is 5.91 Å². The molecule has 25 heavy (non-hydrogen) atoms. The number of amides is 1. The molecule has 3 aromatic carbocycles. The van der Waals surface area contributed by atoms with Crippen molar-refractivity contribution in [3.05, 3.63) is 72.3 Å². The number of phenolic OH excluding ortho intramolecular Hbond substituents is 1. The minimum absolute atomic E-state index is 0.189. The Bertz CT molecular complexity index is 899. The summed E-state index contributed by atoms with van der Waals surface area (Å²) < 4.78 is 0. The average Bonchev–Trinajstić information content (AvgIpc) is 2.63. The summed E-state index contributed by atoms with van der Waals surface area (Å²) in [4.78, 5) is 12.2. The van der Waals surface area contributed by atoms with Crippen molar-refractivity contribution in [2.24, 2.45) is 5.10 Å². The van der Waals surface area contributed by atoms with E-state index in [1.807, 2.05) is 42.5 Å². The van der Waals surface area contributed by atoms with E-state index in [1.165, 1.54) is 6.21 Å². The van der Waals surface area contributed by atoms with Crippen molar-refractivity contribution in [3.63, 3.8) is 0 Å². The van der Waals surface area contributed by atoms with Gasteiger partial charge in [-0.2, -0.15) is 5.10 Å². The van der Waals surface area contributed by atoms with Crippen LogP contribution < -0.4 is 10.7 Å². The van der Waals surface area contributed by atoms with Crippen LogP contribution in [0, 0.1) is 0 Å². The molecule has 1 atom stereocenters. The van der Waals surface area contributed by atoms with Crippen LogP contribution in [0.5, 0.6) is 5.75 Å². The number of nitrogens with one attached hydrogen (secondary N) is 2. The summed E-state index contributed by atoms with van der Waals surface area (Å²) in [5.74, 6) is -0.0444. The number of anilines is 1. The van der Waals surface area contributed by atoms with Crippen LogP contribution in [0.2, 0.25) is 0 Å². The molecule has 0 saturated heterocycles. The van der Waals surface area contributed by atoms with E-state index in [1.54, 1.807) is 31.2 Å². The molecule has 0 aliphatic rings. The summed E-state index contributed by atoms with van der Waals surface area (Å²) in [5, 5.41) is 18.6. The Kier molecular flexibility index (Phi) is 4.95. The van der Waals surface area contributed by atoms with Crippen molar-refractivity contribution in [1.82, 2.24) is 5.43 Å². The number of carbonyl (C=O) groups excluding carboxylic acids is 1. The Hall–Kier alpha value is -3.34. The van der Waals surface area contributed by atoms with Gasteiger partial charge in [-0.05, 0) is 48.2 Å². The van der Waals surface area contributed by atoms with Gasteiger partial charge in [0.15, 0.2) is 0 Å². The molecule has 126 valence electrons. The maximum Gasteiger partial charge on any atom is 0.262 e. The lowest BCUT2D eigenvalue weighted by atomic mass is 10.1. The second-order valence-electron chi connectivity index (χ2n) is 5.72. The fraction of sp³-hybridized carbons (Fsp3) is 0.100. The molecule has 1 amide bonds. The number of fused-ring (bicyclic) bond motifs is 1. The van der Waals surface area contributed by atoms with Crippen molar-refractivity contribution in [3.8, 4) is 5.75 Å². The van der Waals surface area contributed by atoms with Gasteiger partial charge in [0.1, 0.15) is 11.8 Å². The SMILES string of the molecule is CC(Nc1cccc2ccccc12)C(=O)NN=Cc1ccc(O)cc1. The van der Waals surface area contributed by atoms with Crippen LogP contribution in [-0.2, 0) is 4.79 Å². The monoisotopic (exact) mass is 333 g/mol. The van der Waals surface area contributed by atoms with Gasteiger partial charge < -0.3 is 10.4 Å². The van der Waals surface area contributed by atoms with E-state index in [2.05, 4.69) is 15.8 Å². The van der Waals surface area contributed by atoms with Gasteiger partial charge in [-0.1, -0.05) is 36.4 Å². The molecule has 3 aromatic rings. The second kappa shape index (κ2) is 7.49. The molecule has 3 rings (SSSR count). The highest BCUT2D eigenvalue weighted by Crippen LogP contribution is 2.23. The molecule has 0 heterocycles. The van der Waals surface area contributed by atoms with E-state index in [0.717, 1.165) is 22.0 Å². The van der Waals surface area contributed by atoms with Crippen LogP contribution in [0.15, 0.2) is 71.8 Å². The second-order valence-corrected chi connectivity index (χ2v) is 5.72. The summed E-state index contributed by atoms with van der Waals surface area (Å²) >= 11 is 0. The summed E-state index contributed by atoms with van der Waals surface area (Å²) in [6, 6.07) is 20.1. The zero-order chi connectivity index (χ0) is 17.6. The highest BCUT2D eigenvalue weighted by Gasteiger charge is 2.12. The van der Waals surface area contributed by atoms with Crippen molar-refractivity contribution in [1.29, 1.82) is 0 Å². The van der Waals surface area contributed by atoms with E-state index in [9.17, 15) is 9.90 Å². The quantitative estimate of drug-likeness (QED) is 0.494. The van der Waals surface area contributed by atoms with E-state index < -0.39 is 6.04 Å². The van der Waals surface area contributed by atoms with E-state index in [0.29, 0.717) is 0 Å². The first-order valence-electron chi connectivity index (χ1n) is 8.00. The van der Waals surface area contributed by atoms with Gasteiger partial charge in [-0.25, -0.2) is 5.43 Å². The normalized spacial score (nSPS) is 12.2. The molecular formula is C20H19N3O2. The Morgan fingerprint density at radius 3 is 2.56 bits per heavy atom. The van der Waals surface area contributed by atoms with E-state index in [-0.39, 0.29) is 11.7 Å². The first-order chi connectivity index (χ1) is 12.1. The summed E-state index contributed by atoms with van der Waals surface area (Å²) in [6.07, 6.45) is 1.53. The first-order valence-corrected chi connectivity index (χ1v) is 8.00. The van der Waals surface area contributed by atoms with Crippen LogP contribution in [0.1, 0.15) is 12.5 Å². The zero-order valence-corrected chi connectivity index (χ0v) is 13.8. The Balaban J connectivity index is 1.63. The molecule has 0 radical (unpaired) electrons. The number of aromatic hydroxyl groups is 1. The topological polar surface area (TPSA) is 73.7 Å². The molecule has 0 bridgehead atoms. The smallest absolute Gasteiger partial charge is 0.262 e. The fourth-order valence-corrected chi connectivity index (χ4v) is 2.48. The van der Waals surface area contributed by atoms with Crippen LogP contribution in [0.4, 0.5) is 5.69 Å². The van der Waals surface area contributed by atoms with Gasteiger partial charge in [0.05, 0.1) is 6.21 Å². The molecule has 1 unspecified atom stereocenters. The largest absolute Gasteiger partial charge is 0.508 e. The molecule has 0 fully saturated rings. The van der Waals surface area contributed by atoms with Gasteiger partial charge in [0, 0.05) is 11.1 Å². The molecule has 0 aliphatic carbocycles. The number of benzene rings is 3. The maximum absolute atomic E-state index is 12.2. The minimum Gasteiger partial charge on any atom is -0.508 e. The molecular weight excluding hydrogens is 314 g/mol. The summed E-state index contributed by atoms with van der Waals surface area (Å²) in [5.41, 5.74) is 4.21. The third-order valence-electron chi connectivity index (χ3n) is 3.84. The third kappa shape index (κ3) is 4.14. The van der Waals surface area contributed by atoms with Crippen LogP contribution >= 0.6 is 0 Å². The maximum atomic E-state index is 12.2. The number of phenols is 1. The predicted octanol–water partition coefficient (Wildman–Crippen LogP) is 3.50. The standard InChI is InChI=1S/C20H19N3O2/c1-14(20(25)23-21-13-15-9-11-17(24)12-10-15)22-19-8-4-6-16-5-2-3-7-18(16)19/h2-14,22,24H,1H3,(H,23,25). The lowest BCUT2D eigenvalue weighted by Gasteiger charge is -2.15. The van der Waals surface area contributed by atoms with Gasteiger partial charge in [-0.3, -0.25) is 4.79 Å². The number of hydrogen-bond acceptors (Lipinski definition) is 4. The average molecular weight is 333 g/mol. The van der Waals surface area contributed by atoms with Crippen LogP contribution in [-0.4, -0.2) is 23.3 Å². The van der Waals surface area contributed by atoms with Crippen molar-refractivity contribution < 1.29 is 9.90 Å².